The number of anilines is 1. The molecule has 0 saturated carbocycles. The van der Waals surface area contributed by atoms with Gasteiger partial charge in [0.05, 0.1) is 0 Å². The van der Waals surface area contributed by atoms with Gasteiger partial charge >= 0.3 is 0 Å². The Morgan fingerprint density at radius 1 is 1.27 bits per heavy atom. The lowest BCUT2D eigenvalue weighted by Crippen LogP contribution is -1.92. The summed E-state index contributed by atoms with van der Waals surface area (Å²) in [6.07, 6.45) is 1.52. The number of allylic oxidation sites excluding steroid dienone is 1. The molecule has 4 aromatic rings. The third-order valence-electron chi connectivity index (χ3n) is 3.55. The van der Waals surface area contributed by atoms with E-state index in [9.17, 15) is 5.26 Å². The van der Waals surface area contributed by atoms with Crippen LogP contribution in [0.3, 0.4) is 0 Å². The van der Waals surface area contributed by atoms with Crippen molar-refractivity contribution in [1.29, 1.82) is 5.26 Å². The highest BCUT2D eigenvalue weighted by Gasteiger charge is 2.10. The number of benzene rings is 2. The van der Waals surface area contributed by atoms with Gasteiger partial charge in [0, 0.05) is 21.0 Å². The lowest BCUT2D eigenvalue weighted by molar-refractivity contribution is 0.620. The maximum Gasteiger partial charge on any atom is 0.227 e. The Kier molecular flexibility index (Phi) is 4.32. The molecular weight excluding hydrogens is 445 g/mol. The molecule has 126 valence electrons. The fraction of sp³-hybridized carbons (Fsp3) is 0. The lowest BCUT2D eigenvalue weighted by atomic mass is 10.2. The fourth-order valence-electron chi connectivity index (χ4n) is 2.34. The molecule has 9 heteroatoms. The molecule has 0 bridgehead atoms. The highest BCUT2D eigenvalue weighted by molar-refractivity contribution is 14.1. The molecule has 0 fully saturated rings. The number of nitriles is 1. The molecule has 2 aromatic heterocycles. The third-order valence-corrected chi connectivity index (χ3v) is 4.22. The summed E-state index contributed by atoms with van der Waals surface area (Å²) in [5.41, 5.74) is 3.35. The van der Waals surface area contributed by atoms with Gasteiger partial charge in [0.2, 0.25) is 11.7 Å². The second-order valence-electron chi connectivity index (χ2n) is 5.26. The fourth-order valence-corrected chi connectivity index (χ4v) is 2.88. The zero-order chi connectivity index (χ0) is 17.9. The molecule has 2 heterocycles. The number of aromatic nitrogens is 5. The Balaban J connectivity index is 1.63. The van der Waals surface area contributed by atoms with Gasteiger partial charge in [0.1, 0.15) is 17.2 Å². The van der Waals surface area contributed by atoms with Crippen LogP contribution < -0.4 is 5.32 Å². The van der Waals surface area contributed by atoms with E-state index < -0.39 is 0 Å². The monoisotopic (exact) mass is 455 g/mol. The number of aromatic amines is 1. The normalized spacial score (nSPS) is 11.5. The minimum absolute atomic E-state index is 0.225. The lowest BCUT2D eigenvalue weighted by Gasteiger charge is -2.00. The number of nitrogens with one attached hydrogen (secondary N) is 2. The van der Waals surface area contributed by atoms with E-state index in [2.05, 4.69) is 53.5 Å². The molecule has 4 rings (SSSR count). The number of hydrogen-bond acceptors (Lipinski definition) is 7. The standard InChI is InChI=1S/C17H10IN7O/c18-12-3-1-2-10(6-12)17-21-14-7-13(4-5-15(14)26-17)20-9-11(8-19)16-22-24-25-23-16/h1-7,9,20H,(H,22,23,24,25). The van der Waals surface area contributed by atoms with E-state index in [0.717, 1.165) is 20.3 Å². The van der Waals surface area contributed by atoms with Crippen LogP contribution in [0, 0.1) is 14.9 Å². The summed E-state index contributed by atoms with van der Waals surface area (Å²) in [6.45, 7) is 0. The van der Waals surface area contributed by atoms with E-state index in [1.807, 2.05) is 48.5 Å². The van der Waals surface area contributed by atoms with Crippen molar-refractivity contribution in [2.45, 2.75) is 0 Å². The van der Waals surface area contributed by atoms with Crippen molar-refractivity contribution >= 4 is 45.0 Å². The molecule has 0 aliphatic carbocycles. The van der Waals surface area contributed by atoms with Gasteiger partial charge in [-0.3, -0.25) is 0 Å². The van der Waals surface area contributed by atoms with Gasteiger partial charge < -0.3 is 9.73 Å². The van der Waals surface area contributed by atoms with Gasteiger partial charge in [-0.05, 0) is 64.2 Å². The Bertz CT molecular complexity index is 1140. The van der Waals surface area contributed by atoms with Crippen LogP contribution in [0.25, 0.3) is 28.1 Å². The first-order valence-corrected chi connectivity index (χ1v) is 8.58. The molecule has 2 aromatic carbocycles. The van der Waals surface area contributed by atoms with E-state index in [-0.39, 0.29) is 11.4 Å². The molecule has 0 saturated heterocycles. The Hall–Kier alpha value is -3.26. The minimum Gasteiger partial charge on any atom is -0.436 e. The number of halogens is 1. The molecule has 0 radical (unpaired) electrons. The predicted octanol–water partition coefficient (Wildman–Crippen LogP) is 3.59. The summed E-state index contributed by atoms with van der Waals surface area (Å²) in [6, 6.07) is 15.5. The number of H-pyrrole nitrogens is 1. The molecule has 0 atom stereocenters. The van der Waals surface area contributed by atoms with Crippen LogP contribution in [-0.2, 0) is 0 Å². The van der Waals surface area contributed by atoms with E-state index in [0.29, 0.717) is 11.5 Å². The summed E-state index contributed by atoms with van der Waals surface area (Å²) < 4.78 is 6.94. The Morgan fingerprint density at radius 3 is 2.96 bits per heavy atom. The number of nitrogens with zero attached hydrogens (tertiary/aromatic N) is 5. The van der Waals surface area contributed by atoms with E-state index in [1.54, 1.807) is 0 Å². The molecular formula is C17H10IN7O. The SMILES string of the molecule is N#CC(=CNc1ccc2oc(-c3cccc(I)c3)nc2c1)c1nn[nH]n1. The average Bonchev–Trinajstić information content (AvgIpc) is 3.32. The molecule has 0 aliphatic rings. The van der Waals surface area contributed by atoms with Gasteiger partial charge in [0.25, 0.3) is 0 Å². The summed E-state index contributed by atoms with van der Waals surface area (Å²) in [7, 11) is 0. The largest absolute Gasteiger partial charge is 0.436 e. The maximum atomic E-state index is 9.19. The molecule has 0 unspecified atom stereocenters. The summed E-state index contributed by atoms with van der Waals surface area (Å²) in [4.78, 5) is 4.55. The summed E-state index contributed by atoms with van der Waals surface area (Å²) in [5.74, 6) is 0.791. The van der Waals surface area contributed by atoms with Crippen molar-refractivity contribution in [3.63, 3.8) is 0 Å². The first-order chi connectivity index (χ1) is 12.7. The molecule has 26 heavy (non-hydrogen) atoms. The zero-order valence-corrected chi connectivity index (χ0v) is 15.3. The van der Waals surface area contributed by atoms with Crippen LogP contribution in [0.1, 0.15) is 5.82 Å². The van der Waals surface area contributed by atoms with Crippen molar-refractivity contribution in [3.8, 4) is 17.5 Å². The number of fused-ring (bicyclic) bond motifs is 1. The van der Waals surface area contributed by atoms with Crippen LogP contribution in [0.2, 0.25) is 0 Å². The highest BCUT2D eigenvalue weighted by Crippen LogP contribution is 2.27. The highest BCUT2D eigenvalue weighted by atomic mass is 127. The quantitative estimate of drug-likeness (QED) is 0.357. The smallest absolute Gasteiger partial charge is 0.227 e. The first kappa shape index (κ1) is 16.2. The molecule has 0 aliphatic heterocycles. The number of hydrogen-bond donors (Lipinski definition) is 2. The van der Waals surface area contributed by atoms with Gasteiger partial charge in [-0.15, -0.1) is 10.2 Å². The number of oxazole rings is 1. The molecule has 2 N–H and O–H groups in total. The van der Waals surface area contributed by atoms with Crippen molar-refractivity contribution < 1.29 is 4.42 Å². The van der Waals surface area contributed by atoms with Crippen LogP contribution >= 0.6 is 22.6 Å². The molecule has 0 spiro atoms. The average molecular weight is 455 g/mol. The van der Waals surface area contributed by atoms with Gasteiger partial charge in [0.15, 0.2) is 5.58 Å². The third kappa shape index (κ3) is 3.27. The number of tetrazole rings is 1. The van der Waals surface area contributed by atoms with Crippen molar-refractivity contribution in [2.75, 3.05) is 5.32 Å². The second kappa shape index (κ2) is 6.93. The van der Waals surface area contributed by atoms with E-state index >= 15 is 0 Å². The minimum atomic E-state index is 0.225. The Morgan fingerprint density at radius 2 is 2.19 bits per heavy atom. The topological polar surface area (TPSA) is 116 Å². The van der Waals surface area contributed by atoms with Crippen molar-refractivity contribution in [1.82, 2.24) is 25.6 Å². The predicted molar refractivity (Wildman–Crippen MR) is 104 cm³/mol. The first-order valence-electron chi connectivity index (χ1n) is 7.50. The second-order valence-corrected chi connectivity index (χ2v) is 6.51. The van der Waals surface area contributed by atoms with E-state index in [1.165, 1.54) is 6.20 Å². The maximum absolute atomic E-state index is 9.19. The molecule has 8 nitrogen and oxygen atoms in total. The zero-order valence-electron chi connectivity index (χ0n) is 13.1. The van der Waals surface area contributed by atoms with Crippen LogP contribution in [0.5, 0.6) is 0 Å². The van der Waals surface area contributed by atoms with Crippen molar-refractivity contribution in [3.05, 3.63) is 58.1 Å². The van der Waals surface area contributed by atoms with E-state index in [4.69, 9.17) is 4.42 Å². The summed E-state index contributed by atoms with van der Waals surface area (Å²) >= 11 is 2.25. The summed E-state index contributed by atoms with van der Waals surface area (Å²) in [5, 5.41) is 25.6. The molecule has 0 amide bonds. The van der Waals surface area contributed by atoms with Crippen molar-refractivity contribution in [2.24, 2.45) is 0 Å². The van der Waals surface area contributed by atoms with Gasteiger partial charge in [-0.2, -0.15) is 10.5 Å². The Labute approximate surface area is 161 Å². The number of rotatable bonds is 4. The van der Waals surface area contributed by atoms with Crippen LogP contribution in [-0.4, -0.2) is 25.6 Å². The van der Waals surface area contributed by atoms with Crippen LogP contribution in [0.4, 0.5) is 5.69 Å². The van der Waals surface area contributed by atoms with Gasteiger partial charge in [-0.25, -0.2) is 4.98 Å². The van der Waals surface area contributed by atoms with Crippen LogP contribution in [0.15, 0.2) is 53.1 Å². The van der Waals surface area contributed by atoms with Gasteiger partial charge in [-0.1, -0.05) is 6.07 Å².